The van der Waals surface area contributed by atoms with Crippen molar-refractivity contribution in [3.05, 3.63) is 42.5 Å². The molecule has 0 aromatic heterocycles. The highest BCUT2D eigenvalue weighted by Gasteiger charge is 2.11. The minimum Gasteiger partial charge on any atom is -0.497 e. The number of benzene rings is 2. The normalized spacial score (nSPS) is 10.1. The summed E-state index contributed by atoms with van der Waals surface area (Å²) >= 11 is 0. The van der Waals surface area contributed by atoms with Crippen LogP contribution in [0.5, 0.6) is 11.5 Å². The predicted octanol–water partition coefficient (Wildman–Crippen LogP) is 3.05. The fourth-order valence-corrected chi connectivity index (χ4v) is 1.95. The molecule has 0 heterocycles. The molecule has 100 valence electrons. The summed E-state index contributed by atoms with van der Waals surface area (Å²) in [6, 6.07) is 13.5. The monoisotopic (exact) mass is 258 g/mol. The Balaban J connectivity index is 2.35. The van der Waals surface area contributed by atoms with Gasteiger partial charge in [0.25, 0.3) is 0 Å². The molecule has 0 amide bonds. The highest BCUT2D eigenvalue weighted by molar-refractivity contribution is 5.78. The van der Waals surface area contributed by atoms with Crippen LogP contribution in [0.2, 0.25) is 0 Å². The van der Waals surface area contributed by atoms with Gasteiger partial charge in [-0.15, -0.1) is 0 Å². The summed E-state index contributed by atoms with van der Waals surface area (Å²) in [5.41, 5.74) is 8.66. The number of nitrogen functional groups attached to an aromatic ring is 1. The zero-order chi connectivity index (χ0) is 13.8. The first-order chi connectivity index (χ1) is 9.17. The van der Waals surface area contributed by atoms with E-state index in [2.05, 4.69) is 0 Å². The molecule has 2 N–H and O–H groups in total. The molecule has 4 heteroatoms. The molecule has 0 bridgehead atoms. The number of nitrogens with zero attached hydrogens (tertiary/aromatic N) is 1. The zero-order valence-electron chi connectivity index (χ0n) is 11.4. The summed E-state index contributed by atoms with van der Waals surface area (Å²) in [6.07, 6.45) is 0. The first-order valence-electron chi connectivity index (χ1n) is 5.97. The highest BCUT2D eigenvalue weighted by atomic mass is 16.5. The van der Waals surface area contributed by atoms with E-state index in [4.69, 9.17) is 15.2 Å². The van der Waals surface area contributed by atoms with E-state index in [0.717, 1.165) is 17.1 Å². The number of para-hydroxylation sites is 1. The second-order valence-corrected chi connectivity index (χ2v) is 4.15. The van der Waals surface area contributed by atoms with E-state index in [-0.39, 0.29) is 0 Å². The number of hydrogen-bond donors (Lipinski definition) is 1. The number of rotatable bonds is 4. The largest absolute Gasteiger partial charge is 0.497 e. The van der Waals surface area contributed by atoms with Crippen molar-refractivity contribution >= 4 is 17.1 Å². The maximum Gasteiger partial charge on any atom is 0.143 e. The minimum absolute atomic E-state index is 0.628. The minimum atomic E-state index is 0.628. The van der Waals surface area contributed by atoms with Gasteiger partial charge in [0.2, 0.25) is 0 Å². The van der Waals surface area contributed by atoms with Gasteiger partial charge >= 0.3 is 0 Å². The fraction of sp³-hybridized carbons (Fsp3) is 0.200. The maximum atomic E-state index is 6.10. The van der Waals surface area contributed by atoms with Crippen molar-refractivity contribution in [1.29, 1.82) is 0 Å². The van der Waals surface area contributed by atoms with Gasteiger partial charge in [0.05, 0.1) is 25.6 Å². The zero-order valence-corrected chi connectivity index (χ0v) is 11.4. The lowest BCUT2D eigenvalue weighted by Crippen LogP contribution is -2.12. The van der Waals surface area contributed by atoms with E-state index in [0.29, 0.717) is 11.4 Å². The third-order valence-corrected chi connectivity index (χ3v) is 3.08. The molecule has 0 aliphatic carbocycles. The van der Waals surface area contributed by atoms with E-state index in [1.165, 1.54) is 0 Å². The van der Waals surface area contributed by atoms with Crippen LogP contribution in [0.3, 0.4) is 0 Å². The molecule has 2 rings (SSSR count). The lowest BCUT2D eigenvalue weighted by atomic mass is 10.2. The van der Waals surface area contributed by atoms with Crippen molar-refractivity contribution in [3.63, 3.8) is 0 Å². The summed E-state index contributed by atoms with van der Waals surface area (Å²) in [5.74, 6) is 1.51. The Hall–Kier alpha value is -2.36. The van der Waals surface area contributed by atoms with Crippen LogP contribution in [0.25, 0.3) is 0 Å². The summed E-state index contributed by atoms with van der Waals surface area (Å²) in [4.78, 5) is 2.01. The fourth-order valence-electron chi connectivity index (χ4n) is 1.95. The summed E-state index contributed by atoms with van der Waals surface area (Å²) in [6.45, 7) is 0. The molecule has 0 atom stereocenters. The quantitative estimate of drug-likeness (QED) is 0.856. The molecule has 0 fully saturated rings. The van der Waals surface area contributed by atoms with Crippen molar-refractivity contribution < 1.29 is 9.47 Å². The lowest BCUT2D eigenvalue weighted by Gasteiger charge is -2.22. The van der Waals surface area contributed by atoms with Gasteiger partial charge < -0.3 is 20.1 Å². The van der Waals surface area contributed by atoms with E-state index < -0.39 is 0 Å². The second kappa shape index (κ2) is 5.52. The van der Waals surface area contributed by atoms with Gasteiger partial charge in [-0.1, -0.05) is 6.07 Å². The summed E-state index contributed by atoms with van der Waals surface area (Å²) in [7, 11) is 5.23. The van der Waals surface area contributed by atoms with E-state index in [1.54, 1.807) is 14.2 Å². The molecule has 19 heavy (non-hydrogen) atoms. The standard InChI is InChI=1S/C15H18N2O2/c1-17(11-7-9-12(18-2)10-8-11)13-5-4-6-14(19-3)15(13)16/h4-10H,16H2,1-3H3. The molecule has 2 aromatic carbocycles. The molecule has 0 spiro atoms. The predicted molar refractivity (Wildman–Crippen MR) is 78.5 cm³/mol. The molecule has 0 unspecified atom stereocenters. The Kier molecular flexibility index (Phi) is 3.80. The SMILES string of the molecule is COc1ccc(N(C)c2cccc(OC)c2N)cc1. The summed E-state index contributed by atoms with van der Waals surface area (Å²) in [5, 5.41) is 0. The van der Waals surface area contributed by atoms with Gasteiger partial charge in [0.1, 0.15) is 11.5 Å². The van der Waals surface area contributed by atoms with Crippen molar-refractivity contribution in [1.82, 2.24) is 0 Å². The van der Waals surface area contributed by atoms with Crippen molar-refractivity contribution in [2.45, 2.75) is 0 Å². The van der Waals surface area contributed by atoms with Gasteiger partial charge in [-0.25, -0.2) is 0 Å². The van der Waals surface area contributed by atoms with Gasteiger partial charge in [0, 0.05) is 12.7 Å². The molecule has 0 saturated carbocycles. The van der Waals surface area contributed by atoms with Crippen LogP contribution in [0.1, 0.15) is 0 Å². The van der Waals surface area contributed by atoms with Gasteiger partial charge in [0.15, 0.2) is 0 Å². The number of ether oxygens (including phenoxy) is 2. The van der Waals surface area contributed by atoms with Crippen LogP contribution in [-0.2, 0) is 0 Å². The lowest BCUT2D eigenvalue weighted by molar-refractivity contribution is 0.415. The van der Waals surface area contributed by atoms with E-state index in [1.807, 2.05) is 54.4 Å². The molecule has 0 aliphatic heterocycles. The van der Waals surface area contributed by atoms with Crippen LogP contribution >= 0.6 is 0 Å². The number of nitrogens with two attached hydrogens (primary N) is 1. The number of methoxy groups -OCH3 is 2. The van der Waals surface area contributed by atoms with Crippen LogP contribution in [0.15, 0.2) is 42.5 Å². The van der Waals surface area contributed by atoms with Crippen LogP contribution in [0, 0.1) is 0 Å². The first-order valence-corrected chi connectivity index (χ1v) is 5.97. The third-order valence-electron chi connectivity index (χ3n) is 3.08. The molecule has 0 aliphatic rings. The first kappa shape index (κ1) is 13.1. The summed E-state index contributed by atoms with van der Waals surface area (Å²) < 4.78 is 10.4. The smallest absolute Gasteiger partial charge is 0.143 e. The molecule has 0 radical (unpaired) electrons. The Morgan fingerprint density at radius 3 is 2.21 bits per heavy atom. The molecular weight excluding hydrogens is 240 g/mol. The van der Waals surface area contributed by atoms with Gasteiger partial charge in [-0.2, -0.15) is 0 Å². The topological polar surface area (TPSA) is 47.7 Å². The maximum absolute atomic E-state index is 6.10. The second-order valence-electron chi connectivity index (χ2n) is 4.15. The average Bonchev–Trinajstić information content (AvgIpc) is 2.47. The van der Waals surface area contributed by atoms with Gasteiger partial charge in [-0.3, -0.25) is 0 Å². The van der Waals surface area contributed by atoms with Crippen molar-refractivity contribution in [2.24, 2.45) is 0 Å². The molecular formula is C15H18N2O2. The molecule has 0 saturated heterocycles. The van der Waals surface area contributed by atoms with E-state index in [9.17, 15) is 0 Å². The van der Waals surface area contributed by atoms with Crippen molar-refractivity contribution in [3.8, 4) is 11.5 Å². The average molecular weight is 258 g/mol. The van der Waals surface area contributed by atoms with Crippen molar-refractivity contribution in [2.75, 3.05) is 31.9 Å². The van der Waals surface area contributed by atoms with Crippen LogP contribution in [0.4, 0.5) is 17.1 Å². The highest BCUT2D eigenvalue weighted by Crippen LogP contribution is 2.35. The Morgan fingerprint density at radius 1 is 0.947 bits per heavy atom. The van der Waals surface area contributed by atoms with E-state index >= 15 is 0 Å². The van der Waals surface area contributed by atoms with Crippen LogP contribution < -0.4 is 20.1 Å². The number of anilines is 3. The third kappa shape index (κ3) is 2.57. The van der Waals surface area contributed by atoms with Gasteiger partial charge in [-0.05, 0) is 36.4 Å². The molecule has 2 aromatic rings. The Labute approximate surface area is 113 Å². The Morgan fingerprint density at radius 2 is 1.63 bits per heavy atom. The van der Waals surface area contributed by atoms with Crippen LogP contribution in [-0.4, -0.2) is 21.3 Å². The number of hydrogen-bond acceptors (Lipinski definition) is 4. The molecule has 4 nitrogen and oxygen atoms in total. The Bertz CT molecular complexity index is 553.